The summed E-state index contributed by atoms with van der Waals surface area (Å²) in [6, 6.07) is 7.88. The highest BCUT2D eigenvalue weighted by atomic mass is 35.5. The van der Waals surface area contributed by atoms with Gasteiger partial charge in [0.25, 0.3) is 0 Å². The molecule has 5 nitrogen and oxygen atoms in total. The fourth-order valence-corrected chi connectivity index (χ4v) is 4.30. The number of amides is 1. The number of hydrogen-bond donors (Lipinski definition) is 1. The maximum atomic E-state index is 12.4. The van der Waals surface area contributed by atoms with Gasteiger partial charge in [0.05, 0.1) is 5.02 Å². The standard InChI is InChI=1S/C18H26ClN3O2S/c19-16-3-1-2-4-17(16)24-11-10-21-6-8-22(9-7-21)18(23)13-15-14-25-12-5-20-15/h1-4,15,20H,5-14H2. The maximum Gasteiger partial charge on any atom is 0.224 e. The minimum Gasteiger partial charge on any atom is -0.491 e. The summed E-state index contributed by atoms with van der Waals surface area (Å²) in [6.45, 7) is 5.92. The van der Waals surface area contributed by atoms with Gasteiger partial charge >= 0.3 is 0 Å². The Morgan fingerprint density at radius 3 is 2.80 bits per heavy atom. The van der Waals surface area contributed by atoms with E-state index in [0.29, 0.717) is 24.1 Å². The van der Waals surface area contributed by atoms with Crippen molar-refractivity contribution in [2.24, 2.45) is 0 Å². The largest absolute Gasteiger partial charge is 0.491 e. The molecule has 0 aromatic heterocycles. The summed E-state index contributed by atoms with van der Waals surface area (Å²) in [5, 5.41) is 4.09. The normalized spacial score (nSPS) is 22.0. The zero-order chi connectivity index (χ0) is 17.5. The van der Waals surface area contributed by atoms with Gasteiger partial charge in [-0.15, -0.1) is 0 Å². The molecule has 0 aliphatic carbocycles. The third-order valence-electron chi connectivity index (χ3n) is 4.65. The molecule has 2 fully saturated rings. The molecule has 0 saturated carbocycles. The second-order valence-electron chi connectivity index (χ2n) is 6.43. The molecule has 1 unspecified atom stereocenters. The molecular weight excluding hydrogens is 358 g/mol. The Balaban J connectivity index is 1.34. The molecule has 2 saturated heterocycles. The molecule has 0 spiro atoms. The monoisotopic (exact) mass is 383 g/mol. The van der Waals surface area contributed by atoms with E-state index in [2.05, 4.69) is 10.2 Å². The molecule has 1 aromatic carbocycles. The smallest absolute Gasteiger partial charge is 0.224 e. The summed E-state index contributed by atoms with van der Waals surface area (Å²) in [7, 11) is 0. The van der Waals surface area contributed by atoms with Crippen LogP contribution in [0.2, 0.25) is 5.02 Å². The lowest BCUT2D eigenvalue weighted by Gasteiger charge is -2.35. The first-order valence-corrected chi connectivity index (χ1v) is 10.4. The average Bonchev–Trinajstić information content (AvgIpc) is 2.65. The van der Waals surface area contributed by atoms with Crippen molar-refractivity contribution in [1.29, 1.82) is 0 Å². The molecule has 2 heterocycles. The third kappa shape index (κ3) is 5.78. The lowest BCUT2D eigenvalue weighted by atomic mass is 10.2. The third-order valence-corrected chi connectivity index (χ3v) is 6.09. The lowest BCUT2D eigenvalue weighted by Crippen LogP contribution is -2.51. The van der Waals surface area contributed by atoms with Crippen molar-refractivity contribution in [1.82, 2.24) is 15.1 Å². The number of benzene rings is 1. The molecular formula is C18H26ClN3O2S. The predicted octanol–water partition coefficient (Wildman–Crippen LogP) is 1.96. The van der Waals surface area contributed by atoms with Crippen LogP contribution in [-0.4, -0.2) is 79.1 Å². The molecule has 0 bridgehead atoms. The summed E-state index contributed by atoms with van der Waals surface area (Å²) < 4.78 is 5.75. The number of halogens is 1. The molecule has 2 aliphatic rings. The van der Waals surface area contributed by atoms with E-state index in [0.717, 1.165) is 56.5 Å². The van der Waals surface area contributed by atoms with Gasteiger partial charge in [-0.25, -0.2) is 0 Å². The van der Waals surface area contributed by atoms with Crippen LogP contribution in [0, 0.1) is 0 Å². The van der Waals surface area contributed by atoms with Gasteiger partial charge in [-0.1, -0.05) is 23.7 Å². The Labute approximate surface area is 159 Å². The van der Waals surface area contributed by atoms with E-state index >= 15 is 0 Å². The molecule has 1 amide bonds. The Hall–Kier alpha value is -0.950. The Morgan fingerprint density at radius 2 is 2.08 bits per heavy atom. The highest BCUT2D eigenvalue weighted by Crippen LogP contribution is 2.23. The Bertz CT molecular complexity index is 561. The number of piperazine rings is 1. The van der Waals surface area contributed by atoms with Crippen LogP contribution in [0.5, 0.6) is 5.75 Å². The number of ether oxygens (including phenoxy) is 1. The number of thioether (sulfide) groups is 1. The first kappa shape index (κ1) is 18.8. The summed E-state index contributed by atoms with van der Waals surface area (Å²) in [4.78, 5) is 16.8. The molecule has 7 heteroatoms. The fourth-order valence-electron chi connectivity index (χ4n) is 3.16. The molecule has 3 rings (SSSR count). The van der Waals surface area contributed by atoms with Crippen LogP contribution in [0.4, 0.5) is 0 Å². The van der Waals surface area contributed by atoms with Crippen molar-refractivity contribution in [3.63, 3.8) is 0 Å². The van der Waals surface area contributed by atoms with E-state index in [1.807, 2.05) is 40.9 Å². The van der Waals surface area contributed by atoms with Crippen LogP contribution < -0.4 is 10.1 Å². The molecule has 1 N–H and O–H groups in total. The van der Waals surface area contributed by atoms with Crippen LogP contribution in [0.1, 0.15) is 6.42 Å². The number of nitrogens with zero attached hydrogens (tertiary/aromatic N) is 2. The minimum atomic E-state index is 0.284. The van der Waals surface area contributed by atoms with Crippen LogP contribution in [-0.2, 0) is 4.79 Å². The lowest BCUT2D eigenvalue weighted by molar-refractivity contribution is -0.133. The van der Waals surface area contributed by atoms with Gasteiger partial charge in [-0.3, -0.25) is 9.69 Å². The van der Waals surface area contributed by atoms with E-state index in [4.69, 9.17) is 16.3 Å². The van der Waals surface area contributed by atoms with Crippen molar-refractivity contribution in [3.05, 3.63) is 29.3 Å². The number of hydrogen-bond acceptors (Lipinski definition) is 5. The highest BCUT2D eigenvalue weighted by Gasteiger charge is 2.24. The van der Waals surface area contributed by atoms with Crippen LogP contribution in [0.15, 0.2) is 24.3 Å². The van der Waals surface area contributed by atoms with Crippen molar-refractivity contribution >= 4 is 29.3 Å². The van der Waals surface area contributed by atoms with Crippen molar-refractivity contribution < 1.29 is 9.53 Å². The van der Waals surface area contributed by atoms with Gasteiger partial charge in [0, 0.05) is 63.2 Å². The highest BCUT2D eigenvalue weighted by molar-refractivity contribution is 7.99. The summed E-state index contributed by atoms with van der Waals surface area (Å²) >= 11 is 8.03. The zero-order valence-electron chi connectivity index (χ0n) is 14.5. The molecule has 138 valence electrons. The van der Waals surface area contributed by atoms with Gasteiger partial charge in [-0.05, 0) is 12.1 Å². The van der Waals surface area contributed by atoms with Gasteiger partial charge in [0.2, 0.25) is 5.91 Å². The average molecular weight is 384 g/mol. The number of nitrogens with one attached hydrogen (secondary N) is 1. The fraction of sp³-hybridized carbons (Fsp3) is 0.611. The van der Waals surface area contributed by atoms with Gasteiger partial charge in [0.15, 0.2) is 0 Å². The van der Waals surface area contributed by atoms with E-state index < -0.39 is 0 Å². The van der Waals surface area contributed by atoms with Gasteiger partial charge in [0.1, 0.15) is 12.4 Å². The molecule has 25 heavy (non-hydrogen) atoms. The van der Waals surface area contributed by atoms with E-state index in [1.165, 1.54) is 0 Å². The van der Waals surface area contributed by atoms with Crippen molar-refractivity contribution in [3.8, 4) is 5.75 Å². The van der Waals surface area contributed by atoms with Crippen LogP contribution >= 0.6 is 23.4 Å². The topological polar surface area (TPSA) is 44.8 Å². The first-order chi connectivity index (χ1) is 12.2. The SMILES string of the molecule is O=C(CC1CSCCN1)N1CCN(CCOc2ccccc2Cl)CC1. The molecule has 1 atom stereocenters. The summed E-state index contributed by atoms with van der Waals surface area (Å²) in [5.41, 5.74) is 0. The molecule has 1 aromatic rings. The molecule has 0 radical (unpaired) electrons. The number of carbonyl (C=O) groups is 1. The van der Waals surface area contributed by atoms with Gasteiger partial charge < -0.3 is 15.0 Å². The van der Waals surface area contributed by atoms with Crippen molar-refractivity contribution in [2.75, 3.05) is 57.4 Å². The second-order valence-corrected chi connectivity index (χ2v) is 7.99. The Morgan fingerprint density at radius 1 is 1.28 bits per heavy atom. The number of rotatable bonds is 6. The van der Waals surface area contributed by atoms with E-state index in [9.17, 15) is 4.79 Å². The predicted molar refractivity (Wildman–Crippen MR) is 104 cm³/mol. The minimum absolute atomic E-state index is 0.284. The van der Waals surface area contributed by atoms with Crippen LogP contribution in [0.25, 0.3) is 0 Å². The van der Waals surface area contributed by atoms with Gasteiger partial charge in [-0.2, -0.15) is 11.8 Å². The summed E-state index contributed by atoms with van der Waals surface area (Å²) in [6.07, 6.45) is 0.628. The first-order valence-electron chi connectivity index (χ1n) is 8.91. The van der Waals surface area contributed by atoms with E-state index in [-0.39, 0.29) is 5.91 Å². The van der Waals surface area contributed by atoms with Crippen LogP contribution in [0.3, 0.4) is 0 Å². The number of carbonyl (C=O) groups excluding carboxylic acids is 1. The Kier molecular flexibility index (Phi) is 7.28. The molecule has 2 aliphatic heterocycles. The number of para-hydroxylation sites is 1. The summed E-state index contributed by atoms with van der Waals surface area (Å²) in [5.74, 6) is 3.22. The maximum absolute atomic E-state index is 12.4. The quantitative estimate of drug-likeness (QED) is 0.813. The van der Waals surface area contributed by atoms with E-state index in [1.54, 1.807) is 0 Å². The zero-order valence-corrected chi connectivity index (χ0v) is 16.0. The van der Waals surface area contributed by atoms with Crippen molar-refractivity contribution in [2.45, 2.75) is 12.5 Å². The second kappa shape index (κ2) is 9.67.